The Morgan fingerprint density at radius 1 is 1.09 bits per heavy atom. The lowest BCUT2D eigenvalue weighted by atomic mass is 9.98. The maximum atomic E-state index is 4.54. The van der Waals surface area contributed by atoms with Crippen LogP contribution in [0.4, 0.5) is 5.82 Å². The Kier molecular flexibility index (Phi) is 2.68. The van der Waals surface area contributed by atoms with Gasteiger partial charge >= 0.3 is 0 Å². The lowest BCUT2D eigenvalue weighted by Crippen LogP contribution is -2.46. The van der Waals surface area contributed by atoms with Gasteiger partial charge in [-0.05, 0) is 37.8 Å². The molecule has 1 aliphatic carbocycles. The summed E-state index contributed by atoms with van der Waals surface area (Å²) in [6.45, 7) is 4.01. The van der Waals surface area contributed by atoms with E-state index in [4.69, 9.17) is 0 Å². The Labute approximate surface area is 134 Å². The van der Waals surface area contributed by atoms with Crippen molar-refractivity contribution in [2.45, 2.75) is 32.1 Å². The Balaban J connectivity index is 1.42. The van der Waals surface area contributed by atoms with Crippen LogP contribution in [-0.2, 0) is 12.8 Å². The predicted octanol–water partition coefficient (Wildman–Crippen LogP) is 1.92. The molecule has 0 spiro atoms. The van der Waals surface area contributed by atoms with Gasteiger partial charge in [-0.3, -0.25) is 4.40 Å². The summed E-state index contributed by atoms with van der Waals surface area (Å²) in [6, 6.07) is 4.10. The highest BCUT2D eigenvalue weighted by Crippen LogP contribution is 2.35. The molecule has 116 valence electrons. The Morgan fingerprint density at radius 3 is 2.91 bits per heavy atom. The molecule has 4 heterocycles. The number of pyridine rings is 1. The highest BCUT2D eigenvalue weighted by Gasteiger charge is 2.34. The van der Waals surface area contributed by atoms with E-state index in [1.807, 2.05) is 6.07 Å². The number of fused-ring (bicyclic) bond motifs is 2. The van der Waals surface area contributed by atoms with Crippen molar-refractivity contribution in [2.75, 3.05) is 18.0 Å². The summed E-state index contributed by atoms with van der Waals surface area (Å²) in [7, 11) is 0. The van der Waals surface area contributed by atoms with Gasteiger partial charge in [-0.2, -0.15) is 0 Å². The van der Waals surface area contributed by atoms with Crippen LogP contribution in [0, 0.1) is 6.92 Å². The van der Waals surface area contributed by atoms with Crippen LogP contribution in [0.3, 0.4) is 0 Å². The number of aryl methyl sites for hydroxylation is 2. The quantitative estimate of drug-likeness (QED) is 0.724. The highest BCUT2D eigenvalue weighted by molar-refractivity contribution is 5.53. The highest BCUT2D eigenvalue weighted by atomic mass is 15.3. The molecule has 0 saturated carbocycles. The smallest absolute Gasteiger partial charge is 0.160 e. The van der Waals surface area contributed by atoms with Crippen molar-refractivity contribution < 1.29 is 0 Å². The summed E-state index contributed by atoms with van der Waals surface area (Å²) >= 11 is 0. The first-order valence-electron chi connectivity index (χ1n) is 8.18. The largest absolute Gasteiger partial charge is 0.355 e. The van der Waals surface area contributed by atoms with Gasteiger partial charge in [0, 0.05) is 30.5 Å². The number of aromatic nitrogens is 5. The van der Waals surface area contributed by atoms with Crippen LogP contribution in [0.1, 0.15) is 35.0 Å². The van der Waals surface area contributed by atoms with Crippen LogP contribution in [0.5, 0.6) is 0 Å². The van der Waals surface area contributed by atoms with Gasteiger partial charge in [0.25, 0.3) is 0 Å². The average molecular weight is 306 g/mol. The first-order valence-corrected chi connectivity index (χ1v) is 8.18. The molecule has 0 radical (unpaired) electrons. The second-order valence-electron chi connectivity index (χ2n) is 6.57. The van der Waals surface area contributed by atoms with Gasteiger partial charge in [-0.15, -0.1) is 10.2 Å². The third-order valence-corrected chi connectivity index (χ3v) is 4.98. The van der Waals surface area contributed by atoms with Gasteiger partial charge in [0.15, 0.2) is 5.65 Å². The first-order chi connectivity index (χ1) is 11.3. The van der Waals surface area contributed by atoms with E-state index >= 15 is 0 Å². The lowest BCUT2D eigenvalue weighted by molar-refractivity contribution is 0.491. The molecule has 6 heteroatoms. The number of rotatable bonds is 2. The van der Waals surface area contributed by atoms with Gasteiger partial charge < -0.3 is 4.90 Å². The van der Waals surface area contributed by atoms with E-state index in [1.54, 1.807) is 6.33 Å². The molecule has 0 unspecified atom stereocenters. The SMILES string of the molecule is Cc1ccc2nnc(C3CN(c4ncnc5c4CCC5)C3)n2c1. The van der Waals surface area contributed by atoms with Crippen LogP contribution >= 0.6 is 0 Å². The maximum absolute atomic E-state index is 4.54. The molecule has 0 N–H and O–H groups in total. The van der Waals surface area contributed by atoms with E-state index in [0.29, 0.717) is 5.92 Å². The van der Waals surface area contributed by atoms with E-state index in [-0.39, 0.29) is 0 Å². The van der Waals surface area contributed by atoms with Crippen molar-refractivity contribution in [1.29, 1.82) is 0 Å². The molecular formula is C17H18N6. The van der Waals surface area contributed by atoms with Crippen LogP contribution in [0.15, 0.2) is 24.7 Å². The van der Waals surface area contributed by atoms with Crippen molar-refractivity contribution in [3.63, 3.8) is 0 Å². The fraction of sp³-hybridized carbons (Fsp3) is 0.412. The summed E-state index contributed by atoms with van der Waals surface area (Å²) < 4.78 is 2.13. The van der Waals surface area contributed by atoms with Crippen LogP contribution in [0.2, 0.25) is 0 Å². The zero-order valence-electron chi connectivity index (χ0n) is 13.1. The second kappa shape index (κ2) is 4.75. The number of nitrogens with zero attached hydrogens (tertiary/aromatic N) is 6. The van der Waals surface area contributed by atoms with E-state index in [2.05, 4.69) is 48.7 Å². The van der Waals surface area contributed by atoms with Gasteiger partial charge in [0.05, 0.1) is 5.92 Å². The fourth-order valence-electron chi connectivity index (χ4n) is 3.72. The van der Waals surface area contributed by atoms with Crippen LogP contribution in [-0.4, -0.2) is 37.7 Å². The van der Waals surface area contributed by atoms with Crippen molar-refractivity contribution >= 4 is 11.5 Å². The summed E-state index contributed by atoms with van der Waals surface area (Å²) in [5.41, 5.74) is 4.74. The molecule has 3 aromatic rings. The van der Waals surface area contributed by atoms with Gasteiger partial charge in [-0.1, -0.05) is 6.07 Å². The van der Waals surface area contributed by atoms with Gasteiger partial charge in [0.2, 0.25) is 0 Å². The van der Waals surface area contributed by atoms with Crippen LogP contribution < -0.4 is 4.90 Å². The molecular weight excluding hydrogens is 288 g/mol. The maximum Gasteiger partial charge on any atom is 0.160 e. The molecule has 5 rings (SSSR count). The van der Waals surface area contributed by atoms with Crippen LogP contribution in [0.25, 0.3) is 5.65 Å². The minimum absolute atomic E-state index is 0.416. The van der Waals surface area contributed by atoms with Crippen molar-refractivity contribution in [3.8, 4) is 0 Å². The second-order valence-corrected chi connectivity index (χ2v) is 6.57. The third-order valence-electron chi connectivity index (χ3n) is 4.98. The minimum atomic E-state index is 0.416. The third kappa shape index (κ3) is 1.94. The van der Waals surface area contributed by atoms with Gasteiger partial charge in [-0.25, -0.2) is 9.97 Å². The Hall–Kier alpha value is -2.50. The molecule has 0 bridgehead atoms. The minimum Gasteiger partial charge on any atom is -0.355 e. The van der Waals surface area contributed by atoms with Gasteiger partial charge in [0.1, 0.15) is 18.0 Å². The topological polar surface area (TPSA) is 59.2 Å². The summed E-state index contributed by atoms with van der Waals surface area (Å²) in [4.78, 5) is 11.3. The molecule has 1 saturated heterocycles. The summed E-state index contributed by atoms with van der Waals surface area (Å²) in [6.07, 6.45) is 7.24. The van der Waals surface area contributed by atoms with E-state index in [1.165, 1.54) is 23.2 Å². The Bertz CT molecular complexity index is 893. The molecule has 0 aromatic carbocycles. The molecule has 3 aromatic heterocycles. The lowest BCUT2D eigenvalue weighted by Gasteiger charge is -2.40. The normalized spacial score (nSPS) is 17.5. The first kappa shape index (κ1) is 13.0. The van der Waals surface area contributed by atoms with E-state index in [0.717, 1.165) is 43.2 Å². The zero-order chi connectivity index (χ0) is 15.4. The molecule has 0 atom stereocenters. The predicted molar refractivity (Wildman–Crippen MR) is 86.7 cm³/mol. The van der Waals surface area contributed by atoms with Crippen molar-refractivity contribution in [3.05, 3.63) is 47.3 Å². The Morgan fingerprint density at radius 2 is 2.00 bits per heavy atom. The summed E-state index contributed by atoms with van der Waals surface area (Å²) in [5.74, 6) is 2.61. The van der Waals surface area contributed by atoms with E-state index < -0.39 is 0 Å². The molecule has 0 amide bonds. The fourth-order valence-corrected chi connectivity index (χ4v) is 3.72. The number of hydrogen-bond acceptors (Lipinski definition) is 5. The number of hydrogen-bond donors (Lipinski definition) is 0. The number of anilines is 1. The van der Waals surface area contributed by atoms with E-state index in [9.17, 15) is 0 Å². The monoisotopic (exact) mass is 306 g/mol. The summed E-state index contributed by atoms with van der Waals surface area (Å²) in [5, 5.41) is 8.70. The molecule has 6 nitrogen and oxygen atoms in total. The molecule has 23 heavy (non-hydrogen) atoms. The molecule has 1 aliphatic heterocycles. The van der Waals surface area contributed by atoms with Crippen molar-refractivity contribution in [2.24, 2.45) is 0 Å². The average Bonchev–Trinajstić information content (AvgIpc) is 3.13. The van der Waals surface area contributed by atoms with Crippen molar-refractivity contribution in [1.82, 2.24) is 24.6 Å². The molecule has 2 aliphatic rings. The zero-order valence-corrected chi connectivity index (χ0v) is 13.1. The standard InChI is InChI=1S/C17H18N6/c1-11-5-6-15-20-21-16(23(15)7-11)12-8-22(9-12)17-13-3-2-4-14(13)18-10-19-17/h5-7,10,12H,2-4,8-9H2,1H3. The molecule has 1 fully saturated rings.